The summed E-state index contributed by atoms with van der Waals surface area (Å²) in [6, 6.07) is 5.43. The van der Waals surface area contributed by atoms with Crippen LogP contribution in [0.5, 0.6) is 0 Å². The van der Waals surface area contributed by atoms with Crippen molar-refractivity contribution in [1.29, 1.82) is 0 Å². The average Bonchev–Trinajstić information content (AvgIpc) is 2.97. The Morgan fingerprint density at radius 3 is 2.57 bits per heavy atom. The van der Waals surface area contributed by atoms with Crippen LogP contribution in [0.1, 0.15) is 56.7 Å². The maximum Gasteiger partial charge on any atom is 0.337 e. The van der Waals surface area contributed by atoms with E-state index in [2.05, 4.69) is 32.3 Å². The van der Waals surface area contributed by atoms with Gasteiger partial charge >= 0.3 is 5.97 Å². The van der Waals surface area contributed by atoms with Crippen LogP contribution < -0.4 is 0 Å². The third-order valence-corrected chi connectivity index (χ3v) is 4.32. The average molecular weight is 286 g/mol. The molecular formula is C17H22N2O2. The van der Waals surface area contributed by atoms with Gasteiger partial charge in [0.25, 0.3) is 0 Å². The first-order valence-electron chi connectivity index (χ1n) is 7.44. The lowest BCUT2D eigenvalue weighted by Gasteiger charge is -2.22. The molecule has 2 aromatic rings. The molecule has 21 heavy (non-hydrogen) atoms. The lowest BCUT2D eigenvalue weighted by Crippen LogP contribution is -2.21. The van der Waals surface area contributed by atoms with Crippen LogP contribution in [0.25, 0.3) is 11.0 Å². The Labute approximate surface area is 124 Å². The molecule has 1 fully saturated rings. The topological polar surface area (TPSA) is 55.1 Å². The number of hydrogen-bond acceptors (Lipinski definition) is 2. The van der Waals surface area contributed by atoms with Crippen LogP contribution in [0.4, 0.5) is 0 Å². The molecule has 1 aliphatic rings. The van der Waals surface area contributed by atoms with Crippen LogP contribution in [0.2, 0.25) is 0 Å². The van der Waals surface area contributed by atoms with E-state index in [1.54, 1.807) is 6.07 Å². The maximum absolute atomic E-state index is 11.4. The summed E-state index contributed by atoms with van der Waals surface area (Å²) in [5.74, 6) is 0.0580. The Morgan fingerprint density at radius 1 is 1.38 bits per heavy atom. The van der Waals surface area contributed by atoms with Gasteiger partial charge in [-0.1, -0.05) is 33.8 Å². The number of fused-ring (bicyclic) bond motifs is 1. The van der Waals surface area contributed by atoms with Gasteiger partial charge in [-0.25, -0.2) is 9.78 Å². The van der Waals surface area contributed by atoms with Crippen molar-refractivity contribution in [2.45, 2.75) is 52.5 Å². The van der Waals surface area contributed by atoms with Gasteiger partial charge in [0.05, 0.1) is 11.1 Å². The molecular weight excluding hydrogens is 264 g/mol. The summed E-state index contributed by atoms with van der Waals surface area (Å²) in [4.78, 5) is 16.1. The summed E-state index contributed by atoms with van der Waals surface area (Å²) in [5.41, 5.74) is 2.07. The molecule has 0 spiro atoms. The van der Waals surface area contributed by atoms with E-state index >= 15 is 0 Å². The van der Waals surface area contributed by atoms with Crippen LogP contribution in [-0.2, 0) is 12.0 Å². The standard InChI is InChI=1S/C17H22N2O2/c1-16(2,3)15-18-13-11(14(20)21)6-5-7-12(13)19(15)10-17(4)8-9-17/h5-7H,8-10H2,1-4H3,(H,20,21). The first-order valence-corrected chi connectivity index (χ1v) is 7.44. The minimum absolute atomic E-state index is 0.111. The second kappa shape index (κ2) is 4.33. The van der Waals surface area contributed by atoms with Gasteiger partial charge in [0, 0.05) is 12.0 Å². The number of hydrogen-bond donors (Lipinski definition) is 1. The molecule has 0 aliphatic heterocycles. The van der Waals surface area contributed by atoms with Crippen molar-refractivity contribution < 1.29 is 9.90 Å². The van der Waals surface area contributed by atoms with Crippen LogP contribution in [-0.4, -0.2) is 20.6 Å². The van der Waals surface area contributed by atoms with E-state index < -0.39 is 5.97 Å². The van der Waals surface area contributed by atoms with Gasteiger partial charge in [0.15, 0.2) is 0 Å². The van der Waals surface area contributed by atoms with Crippen LogP contribution in [0.3, 0.4) is 0 Å². The predicted octanol–water partition coefficient (Wildman–Crippen LogP) is 3.83. The minimum atomic E-state index is -0.914. The Morgan fingerprint density at radius 2 is 2.05 bits per heavy atom. The summed E-state index contributed by atoms with van der Waals surface area (Å²) < 4.78 is 2.23. The summed E-state index contributed by atoms with van der Waals surface area (Å²) in [6.45, 7) is 9.58. The Hall–Kier alpha value is -1.84. The van der Waals surface area contributed by atoms with Crippen molar-refractivity contribution in [3.05, 3.63) is 29.6 Å². The SMILES string of the molecule is CC1(Cn2c(C(C)(C)C)nc3c(C(=O)O)cccc32)CC1. The van der Waals surface area contributed by atoms with E-state index in [9.17, 15) is 9.90 Å². The summed E-state index contributed by atoms with van der Waals surface area (Å²) >= 11 is 0. The summed E-state index contributed by atoms with van der Waals surface area (Å²) in [6.07, 6.45) is 2.46. The lowest BCUT2D eigenvalue weighted by atomic mass is 9.95. The highest BCUT2D eigenvalue weighted by Crippen LogP contribution is 2.47. The fourth-order valence-corrected chi connectivity index (χ4v) is 2.81. The molecule has 0 amide bonds. The van der Waals surface area contributed by atoms with E-state index in [-0.39, 0.29) is 11.0 Å². The maximum atomic E-state index is 11.4. The summed E-state index contributed by atoms with van der Waals surface area (Å²) in [7, 11) is 0. The normalized spacial score (nSPS) is 17.1. The van der Waals surface area contributed by atoms with Crippen LogP contribution in [0, 0.1) is 5.41 Å². The molecule has 112 valence electrons. The Bertz CT molecular complexity index is 718. The number of benzene rings is 1. The number of aromatic nitrogens is 2. The second-order valence-electron chi connectivity index (χ2n) is 7.56. The molecule has 4 nitrogen and oxygen atoms in total. The monoisotopic (exact) mass is 286 g/mol. The van der Waals surface area contributed by atoms with Crippen LogP contribution >= 0.6 is 0 Å². The van der Waals surface area contributed by atoms with Gasteiger partial charge < -0.3 is 9.67 Å². The van der Waals surface area contributed by atoms with Gasteiger partial charge in [-0.3, -0.25) is 0 Å². The lowest BCUT2D eigenvalue weighted by molar-refractivity contribution is 0.0699. The molecule has 4 heteroatoms. The smallest absolute Gasteiger partial charge is 0.337 e. The number of carbonyl (C=O) groups is 1. The molecule has 1 aliphatic carbocycles. The number of carboxylic acid groups (broad SMARTS) is 1. The minimum Gasteiger partial charge on any atom is -0.478 e. The van der Waals surface area contributed by atoms with Crippen molar-refractivity contribution in [2.24, 2.45) is 5.41 Å². The first-order chi connectivity index (χ1) is 9.71. The zero-order valence-electron chi connectivity index (χ0n) is 13.1. The van der Waals surface area contributed by atoms with Crippen molar-refractivity contribution in [3.63, 3.8) is 0 Å². The van der Waals surface area contributed by atoms with Gasteiger partial charge in [-0.2, -0.15) is 0 Å². The van der Waals surface area contributed by atoms with Gasteiger partial charge in [-0.15, -0.1) is 0 Å². The molecule has 1 aromatic carbocycles. The molecule has 0 unspecified atom stereocenters. The quantitative estimate of drug-likeness (QED) is 0.933. The largest absolute Gasteiger partial charge is 0.478 e. The third-order valence-electron chi connectivity index (χ3n) is 4.32. The molecule has 0 radical (unpaired) electrons. The number of rotatable bonds is 3. The number of imidazole rings is 1. The molecule has 0 saturated heterocycles. The molecule has 1 heterocycles. The Kier molecular flexibility index (Phi) is 2.91. The number of para-hydroxylation sites is 1. The first kappa shape index (κ1) is 14.1. The zero-order chi connectivity index (χ0) is 15.4. The fraction of sp³-hybridized carbons (Fsp3) is 0.529. The van der Waals surface area contributed by atoms with E-state index in [0.717, 1.165) is 17.9 Å². The summed E-state index contributed by atoms with van der Waals surface area (Å²) in [5, 5.41) is 9.38. The molecule has 3 rings (SSSR count). The molecule has 1 N–H and O–H groups in total. The second-order valence-corrected chi connectivity index (χ2v) is 7.56. The molecule has 1 aromatic heterocycles. The zero-order valence-corrected chi connectivity index (χ0v) is 13.1. The molecule has 1 saturated carbocycles. The van der Waals surface area contributed by atoms with Crippen molar-refractivity contribution >= 4 is 17.0 Å². The van der Waals surface area contributed by atoms with Gasteiger partial charge in [0.2, 0.25) is 0 Å². The Balaban J connectivity index is 2.26. The van der Waals surface area contributed by atoms with E-state index in [0.29, 0.717) is 10.9 Å². The van der Waals surface area contributed by atoms with E-state index in [1.165, 1.54) is 12.8 Å². The van der Waals surface area contributed by atoms with Gasteiger partial charge in [0.1, 0.15) is 11.3 Å². The van der Waals surface area contributed by atoms with Gasteiger partial charge in [-0.05, 0) is 30.4 Å². The van der Waals surface area contributed by atoms with Crippen LogP contribution in [0.15, 0.2) is 18.2 Å². The molecule has 0 bridgehead atoms. The van der Waals surface area contributed by atoms with Crippen molar-refractivity contribution in [1.82, 2.24) is 9.55 Å². The third kappa shape index (κ3) is 2.43. The number of carboxylic acids is 1. The highest BCUT2D eigenvalue weighted by atomic mass is 16.4. The van der Waals surface area contributed by atoms with E-state index in [1.807, 2.05) is 12.1 Å². The van der Waals surface area contributed by atoms with E-state index in [4.69, 9.17) is 4.98 Å². The highest BCUT2D eigenvalue weighted by Gasteiger charge is 2.39. The highest BCUT2D eigenvalue weighted by molar-refractivity contribution is 6.01. The van der Waals surface area contributed by atoms with Crippen molar-refractivity contribution in [2.75, 3.05) is 0 Å². The number of nitrogens with zero attached hydrogens (tertiary/aromatic N) is 2. The predicted molar refractivity (Wildman–Crippen MR) is 82.7 cm³/mol. The fourth-order valence-electron chi connectivity index (χ4n) is 2.81. The van der Waals surface area contributed by atoms with Crippen molar-refractivity contribution in [3.8, 4) is 0 Å². The molecule has 0 atom stereocenters. The number of aromatic carboxylic acids is 1.